The Kier molecular flexibility index (Phi) is 5.09. The van der Waals surface area contributed by atoms with Crippen LogP contribution in [-0.4, -0.2) is 34.1 Å². The number of aliphatic hydroxyl groups excluding tert-OH is 1. The van der Waals surface area contributed by atoms with Crippen LogP contribution in [0.2, 0.25) is 0 Å². The van der Waals surface area contributed by atoms with Gasteiger partial charge in [-0.15, -0.1) is 10.2 Å². The second-order valence-electron chi connectivity index (χ2n) is 6.91. The minimum atomic E-state index is -0.806. The highest BCUT2D eigenvalue weighted by Crippen LogP contribution is 2.43. The van der Waals surface area contributed by atoms with Crippen LogP contribution in [0.25, 0.3) is 5.76 Å². The van der Waals surface area contributed by atoms with Crippen molar-refractivity contribution in [2.75, 3.05) is 12.0 Å². The summed E-state index contributed by atoms with van der Waals surface area (Å²) in [7, 11) is 1.54. The lowest BCUT2D eigenvalue weighted by Gasteiger charge is -2.22. The van der Waals surface area contributed by atoms with Crippen LogP contribution in [0.5, 0.6) is 5.75 Å². The van der Waals surface area contributed by atoms with Crippen molar-refractivity contribution in [3.05, 3.63) is 75.8 Å². The Morgan fingerprint density at radius 1 is 1.03 bits per heavy atom. The van der Waals surface area contributed by atoms with E-state index in [2.05, 4.69) is 10.2 Å². The van der Waals surface area contributed by atoms with Crippen molar-refractivity contribution < 1.29 is 19.4 Å². The third-order valence-electron chi connectivity index (χ3n) is 4.92. The number of carbonyl (C=O) groups excluding carboxylic acids is 2. The van der Waals surface area contributed by atoms with Gasteiger partial charge in [-0.3, -0.25) is 14.5 Å². The molecule has 0 bridgehead atoms. The van der Waals surface area contributed by atoms with Crippen LogP contribution in [0.1, 0.15) is 27.7 Å². The summed E-state index contributed by atoms with van der Waals surface area (Å²) in [4.78, 5) is 27.3. The number of carbonyl (C=O) groups is 2. The maximum absolute atomic E-state index is 13.0. The molecule has 4 rings (SSSR count). The number of benzene rings is 2. The molecule has 1 aliphatic rings. The Labute approximate surface area is 177 Å². The topological polar surface area (TPSA) is 92.6 Å². The Hall–Kier alpha value is -3.52. The number of rotatable bonds is 4. The maximum atomic E-state index is 13.0. The molecule has 1 saturated heterocycles. The zero-order chi connectivity index (χ0) is 21.4. The van der Waals surface area contributed by atoms with E-state index in [0.717, 1.165) is 5.56 Å². The molecule has 1 atom stereocenters. The summed E-state index contributed by atoms with van der Waals surface area (Å²) in [6, 6.07) is 13.3. The van der Waals surface area contributed by atoms with Gasteiger partial charge in [-0.05, 0) is 43.7 Å². The number of hydrogen-bond donors (Lipinski definition) is 1. The zero-order valence-electron chi connectivity index (χ0n) is 16.6. The molecule has 0 radical (unpaired) electrons. The van der Waals surface area contributed by atoms with Crippen LogP contribution >= 0.6 is 11.3 Å². The lowest BCUT2D eigenvalue weighted by molar-refractivity contribution is -0.132. The number of methoxy groups -OCH3 is 1. The van der Waals surface area contributed by atoms with Gasteiger partial charge in [0.05, 0.1) is 18.7 Å². The molecule has 0 spiro atoms. The first-order valence-corrected chi connectivity index (χ1v) is 10.0. The lowest BCUT2D eigenvalue weighted by atomic mass is 9.95. The summed E-state index contributed by atoms with van der Waals surface area (Å²) in [5, 5.41) is 20.1. The number of nitrogens with zero attached hydrogens (tertiary/aromatic N) is 3. The molecule has 2 heterocycles. The minimum Gasteiger partial charge on any atom is -0.507 e. The smallest absolute Gasteiger partial charge is 0.301 e. The molecule has 152 valence electrons. The lowest BCUT2D eigenvalue weighted by Crippen LogP contribution is -2.29. The van der Waals surface area contributed by atoms with Crippen molar-refractivity contribution in [1.82, 2.24) is 10.2 Å². The van der Waals surface area contributed by atoms with E-state index < -0.39 is 17.7 Å². The second kappa shape index (κ2) is 7.72. The number of aliphatic hydroxyl groups is 1. The van der Waals surface area contributed by atoms with E-state index in [1.54, 1.807) is 38.3 Å². The number of aryl methyl sites for hydroxylation is 2. The quantitative estimate of drug-likeness (QED) is 0.391. The molecule has 2 aromatic carbocycles. The average molecular weight is 421 g/mol. The second-order valence-corrected chi connectivity index (χ2v) is 8.07. The number of aromatic nitrogens is 2. The van der Waals surface area contributed by atoms with Gasteiger partial charge in [0.25, 0.3) is 5.78 Å². The van der Waals surface area contributed by atoms with Crippen molar-refractivity contribution in [3.8, 4) is 5.75 Å². The van der Waals surface area contributed by atoms with Crippen molar-refractivity contribution >= 4 is 33.9 Å². The molecule has 1 N–H and O–H groups in total. The molecular weight excluding hydrogens is 402 g/mol. The van der Waals surface area contributed by atoms with E-state index in [1.807, 2.05) is 31.2 Å². The van der Waals surface area contributed by atoms with Gasteiger partial charge in [-0.1, -0.05) is 41.2 Å². The fourth-order valence-electron chi connectivity index (χ4n) is 3.38. The van der Waals surface area contributed by atoms with E-state index in [0.29, 0.717) is 27.0 Å². The fourth-order valence-corrected chi connectivity index (χ4v) is 4.10. The fraction of sp³-hybridized carbons (Fsp3) is 0.182. The molecule has 0 aliphatic carbocycles. The van der Waals surface area contributed by atoms with E-state index >= 15 is 0 Å². The number of amides is 1. The summed E-state index contributed by atoms with van der Waals surface area (Å²) in [6.45, 7) is 3.72. The normalized spacial score (nSPS) is 18.1. The van der Waals surface area contributed by atoms with Crippen LogP contribution in [0.4, 0.5) is 5.13 Å². The van der Waals surface area contributed by atoms with Gasteiger partial charge < -0.3 is 9.84 Å². The van der Waals surface area contributed by atoms with E-state index in [4.69, 9.17) is 4.74 Å². The molecule has 0 saturated carbocycles. The Balaban J connectivity index is 1.91. The highest BCUT2D eigenvalue weighted by Gasteiger charge is 2.48. The first kappa shape index (κ1) is 19.8. The standard InChI is InChI=1S/C22H19N3O4S/c1-12-4-6-14(7-5-12)18-17(19(26)15-8-10-16(29-3)11-9-15)20(27)21(28)25(18)22-24-23-13(2)30-22/h4-11,18,26H,1-3H3/b19-17+/t18-/m1/s1. The molecule has 1 fully saturated rings. The number of Topliss-reactive ketones (excluding diaryl/α,β-unsaturated/α-hetero) is 1. The number of ether oxygens (including phenoxy) is 1. The van der Waals surface area contributed by atoms with E-state index in [-0.39, 0.29) is 11.3 Å². The Morgan fingerprint density at radius 2 is 1.70 bits per heavy atom. The van der Waals surface area contributed by atoms with Crippen LogP contribution in [-0.2, 0) is 9.59 Å². The number of anilines is 1. The summed E-state index contributed by atoms with van der Waals surface area (Å²) >= 11 is 1.22. The van der Waals surface area contributed by atoms with Gasteiger partial charge in [-0.25, -0.2) is 0 Å². The first-order valence-electron chi connectivity index (χ1n) is 9.23. The minimum absolute atomic E-state index is 0.0156. The van der Waals surface area contributed by atoms with Gasteiger partial charge in [-0.2, -0.15) is 0 Å². The van der Waals surface area contributed by atoms with Crippen molar-refractivity contribution in [1.29, 1.82) is 0 Å². The molecule has 0 unspecified atom stereocenters. The summed E-state index contributed by atoms with van der Waals surface area (Å²) in [5.74, 6) is -1.13. The van der Waals surface area contributed by atoms with Crippen LogP contribution in [0.15, 0.2) is 54.1 Å². The van der Waals surface area contributed by atoms with Crippen LogP contribution < -0.4 is 9.64 Å². The van der Waals surface area contributed by atoms with Gasteiger partial charge in [0, 0.05) is 5.56 Å². The SMILES string of the molecule is COc1ccc(/C(O)=C2\C(=O)C(=O)N(c3nnc(C)s3)[C@@H]2c2ccc(C)cc2)cc1. The molecular formula is C22H19N3O4S. The Morgan fingerprint density at radius 3 is 2.27 bits per heavy atom. The molecule has 1 aromatic heterocycles. The van der Waals surface area contributed by atoms with Gasteiger partial charge in [0.2, 0.25) is 5.13 Å². The van der Waals surface area contributed by atoms with Crippen molar-refractivity contribution in [2.45, 2.75) is 19.9 Å². The molecule has 7 nitrogen and oxygen atoms in total. The van der Waals surface area contributed by atoms with Crippen molar-refractivity contribution in [2.24, 2.45) is 0 Å². The Bertz CT molecular complexity index is 1150. The molecule has 1 amide bonds. The third kappa shape index (κ3) is 3.35. The summed E-state index contributed by atoms with van der Waals surface area (Å²) in [5.41, 5.74) is 2.17. The van der Waals surface area contributed by atoms with Gasteiger partial charge >= 0.3 is 5.91 Å². The predicted octanol–water partition coefficient (Wildman–Crippen LogP) is 3.79. The van der Waals surface area contributed by atoms with Crippen LogP contribution in [0.3, 0.4) is 0 Å². The highest BCUT2D eigenvalue weighted by molar-refractivity contribution is 7.15. The number of ketones is 1. The van der Waals surface area contributed by atoms with Gasteiger partial charge in [0.1, 0.15) is 16.5 Å². The average Bonchev–Trinajstić information content (AvgIpc) is 3.29. The van der Waals surface area contributed by atoms with Crippen LogP contribution in [0, 0.1) is 13.8 Å². The van der Waals surface area contributed by atoms with Gasteiger partial charge in [0.15, 0.2) is 0 Å². The highest BCUT2D eigenvalue weighted by atomic mass is 32.1. The predicted molar refractivity (Wildman–Crippen MR) is 114 cm³/mol. The molecule has 1 aliphatic heterocycles. The molecule has 30 heavy (non-hydrogen) atoms. The summed E-state index contributed by atoms with van der Waals surface area (Å²) < 4.78 is 5.15. The third-order valence-corrected chi connectivity index (χ3v) is 5.76. The van der Waals surface area contributed by atoms with E-state index in [1.165, 1.54) is 16.2 Å². The zero-order valence-corrected chi connectivity index (χ0v) is 17.4. The summed E-state index contributed by atoms with van der Waals surface area (Å²) in [6.07, 6.45) is 0. The molecule has 8 heteroatoms. The maximum Gasteiger partial charge on any atom is 0.301 e. The monoisotopic (exact) mass is 421 g/mol. The number of hydrogen-bond acceptors (Lipinski definition) is 7. The van der Waals surface area contributed by atoms with Crippen molar-refractivity contribution in [3.63, 3.8) is 0 Å². The van der Waals surface area contributed by atoms with E-state index in [9.17, 15) is 14.7 Å². The molecule has 3 aromatic rings. The largest absolute Gasteiger partial charge is 0.507 e. The first-order chi connectivity index (χ1) is 14.4.